The highest BCUT2D eigenvalue weighted by Gasteiger charge is 2.20. The number of hydrogen-bond acceptors (Lipinski definition) is 2. The first-order valence-corrected chi connectivity index (χ1v) is 7.74. The highest BCUT2D eigenvalue weighted by atomic mass is 79.9. The van der Waals surface area contributed by atoms with Gasteiger partial charge in [0.25, 0.3) is 0 Å². The highest BCUT2D eigenvalue weighted by Crippen LogP contribution is 2.28. The van der Waals surface area contributed by atoms with Crippen LogP contribution in [0.3, 0.4) is 0 Å². The van der Waals surface area contributed by atoms with Crippen molar-refractivity contribution in [2.75, 3.05) is 0 Å². The van der Waals surface area contributed by atoms with Gasteiger partial charge in [0.2, 0.25) is 0 Å². The molecule has 0 radical (unpaired) electrons. The fourth-order valence-corrected chi connectivity index (χ4v) is 3.47. The zero-order valence-corrected chi connectivity index (χ0v) is 13.3. The summed E-state index contributed by atoms with van der Waals surface area (Å²) in [5.74, 6) is -1.29. The van der Waals surface area contributed by atoms with E-state index in [1.807, 2.05) is 35.7 Å². The van der Waals surface area contributed by atoms with E-state index in [-0.39, 0.29) is 0 Å². The molecule has 18 heavy (non-hydrogen) atoms. The Kier molecular flexibility index (Phi) is 4.59. The smallest absolute Gasteiger partial charge is 0.311 e. The van der Waals surface area contributed by atoms with Crippen LogP contribution < -0.4 is 0 Å². The van der Waals surface area contributed by atoms with Gasteiger partial charge in [-0.1, -0.05) is 28.1 Å². The van der Waals surface area contributed by atoms with Crippen molar-refractivity contribution in [3.63, 3.8) is 0 Å². The first kappa shape index (κ1) is 13.8. The number of thiophene rings is 1. The van der Waals surface area contributed by atoms with E-state index in [2.05, 4.69) is 31.9 Å². The third kappa shape index (κ3) is 3.43. The summed E-state index contributed by atoms with van der Waals surface area (Å²) in [6.45, 7) is 0. The molecule has 2 rings (SSSR count). The van der Waals surface area contributed by atoms with Crippen LogP contribution in [0, 0.1) is 0 Å². The number of carboxylic acid groups (broad SMARTS) is 1. The van der Waals surface area contributed by atoms with Crippen molar-refractivity contribution >= 4 is 49.2 Å². The number of aliphatic carboxylic acids is 1. The molecule has 1 heterocycles. The van der Waals surface area contributed by atoms with Crippen molar-refractivity contribution in [1.82, 2.24) is 0 Å². The molecule has 2 nitrogen and oxygen atoms in total. The lowest BCUT2D eigenvalue weighted by atomic mass is 9.95. The van der Waals surface area contributed by atoms with Gasteiger partial charge in [0.15, 0.2) is 0 Å². The van der Waals surface area contributed by atoms with Crippen LogP contribution in [0.2, 0.25) is 0 Å². The summed E-state index contributed by atoms with van der Waals surface area (Å²) >= 11 is 8.31. The third-order valence-corrected chi connectivity index (χ3v) is 4.85. The molecule has 0 aliphatic heterocycles. The topological polar surface area (TPSA) is 37.3 Å². The average molecular weight is 390 g/mol. The lowest BCUT2D eigenvalue weighted by Gasteiger charge is -2.11. The molecule has 0 saturated heterocycles. The Morgan fingerprint density at radius 1 is 1.22 bits per heavy atom. The number of benzene rings is 1. The Hall–Kier alpha value is -0.650. The van der Waals surface area contributed by atoms with Crippen LogP contribution in [0.5, 0.6) is 0 Å². The summed E-state index contributed by atoms with van der Waals surface area (Å²) in [5, 5.41) is 11.3. The van der Waals surface area contributed by atoms with Gasteiger partial charge in [0, 0.05) is 19.2 Å². The van der Waals surface area contributed by atoms with Crippen molar-refractivity contribution in [2.45, 2.75) is 12.3 Å². The fraction of sp³-hybridized carbons (Fsp3) is 0.154. The van der Waals surface area contributed by atoms with Crippen molar-refractivity contribution in [1.29, 1.82) is 0 Å². The first-order chi connectivity index (χ1) is 8.56. The van der Waals surface area contributed by atoms with Crippen LogP contribution >= 0.6 is 43.2 Å². The zero-order chi connectivity index (χ0) is 13.1. The van der Waals surface area contributed by atoms with E-state index >= 15 is 0 Å². The normalized spacial score (nSPS) is 12.3. The summed E-state index contributed by atoms with van der Waals surface area (Å²) in [6, 6.07) is 9.42. The molecule has 1 aromatic heterocycles. The standard InChI is InChI=1S/C13H10Br2O2S/c14-9-3-1-8(2-4-9)12(13(16)17)6-11-5-10(15)7-18-11/h1-5,7,12H,6H2,(H,16,17). The lowest BCUT2D eigenvalue weighted by molar-refractivity contribution is -0.138. The minimum atomic E-state index is -0.790. The lowest BCUT2D eigenvalue weighted by Crippen LogP contribution is -2.13. The molecule has 0 fully saturated rings. The molecule has 5 heteroatoms. The molecule has 2 aromatic rings. The Bertz CT molecular complexity index is 548. The molecule has 0 aliphatic rings. The van der Waals surface area contributed by atoms with Crippen molar-refractivity contribution in [3.05, 3.63) is 55.1 Å². The van der Waals surface area contributed by atoms with Gasteiger partial charge >= 0.3 is 5.97 Å². The number of carbonyl (C=O) groups is 1. The van der Waals surface area contributed by atoms with Gasteiger partial charge in [-0.3, -0.25) is 4.79 Å². The third-order valence-electron chi connectivity index (χ3n) is 2.60. The molecule has 94 valence electrons. The van der Waals surface area contributed by atoms with Crippen LogP contribution in [-0.4, -0.2) is 11.1 Å². The van der Waals surface area contributed by atoms with Gasteiger partial charge in [0.1, 0.15) is 0 Å². The average Bonchev–Trinajstić information content (AvgIpc) is 2.73. The van der Waals surface area contributed by atoms with E-state index in [0.717, 1.165) is 19.4 Å². The highest BCUT2D eigenvalue weighted by molar-refractivity contribution is 9.10. The van der Waals surface area contributed by atoms with Crippen LogP contribution in [-0.2, 0) is 11.2 Å². The van der Waals surface area contributed by atoms with E-state index in [4.69, 9.17) is 0 Å². The molecule has 0 bridgehead atoms. The molecule has 1 atom stereocenters. The molecule has 0 aliphatic carbocycles. The zero-order valence-electron chi connectivity index (χ0n) is 9.27. The number of halogens is 2. The Balaban J connectivity index is 2.23. The first-order valence-electron chi connectivity index (χ1n) is 5.27. The second-order valence-corrected chi connectivity index (χ2v) is 6.70. The van der Waals surface area contributed by atoms with Crippen LogP contribution in [0.4, 0.5) is 0 Å². The summed E-state index contributed by atoms with van der Waals surface area (Å²) in [4.78, 5) is 12.4. The maximum absolute atomic E-state index is 11.4. The van der Waals surface area contributed by atoms with Crippen molar-refractivity contribution < 1.29 is 9.90 Å². The van der Waals surface area contributed by atoms with Gasteiger partial charge in [0.05, 0.1) is 5.92 Å². The summed E-state index contributed by atoms with van der Waals surface area (Å²) in [5.41, 5.74) is 0.829. The second-order valence-electron chi connectivity index (χ2n) is 3.88. The fourth-order valence-electron chi connectivity index (χ4n) is 1.70. The summed E-state index contributed by atoms with van der Waals surface area (Å²) in [7, 11) is 0. The van der Waals surface area contributed by atoms with Gasteiger partial charge in [-0.05, 0) is 46.1 Å². The molecule has 1 aromatic carbocycles. The Morgan fingerprint density at radius 3 is 2.39 bits per heavy atom. The molecule has 0 saturated carbocycles. The maximum atomic E-state index is 11.4. The molecular weight excluding hydrogens is 380 g/mol. The van der Waals surface area contributed by atoms with Crippen molar-refractivity contribution in [2.24, 2.45) is 0 Å². The second kappa shape index (κ2) is 5.99. The van der Waals surface area contributed by atoms with Gasteiger partial charge in [-0.15, -0.1) is 11.3 Å². The number of carboxylic acids is 1. The largest absolute Gasteiger partial charge is 0.481 e. The molecular formula is C13H10Br2O2S. The predicted octanol–water partition coefficient (Wildman–Crippen LogP) is 4.68. The monoisotopic (exact) mass is 388 g/mol. The van der Waals surface area contributed by atoms with Gasteiger partial charge in [-0.25, -0.2) is 0 Å². The number of hydrogen-bond donors (Lipinski definition) is 1. The number of rotatable bonds is 4. The van der Waals surface area contributed by atoms with E-state index in [9.17, 15) is 9.90 Å². The quantitative estimate of drug-likeness (QED) is 0.823. The van der Waals surface area contributed by atoms with E-state index in [1.165, 1.54) is 0 Å². The summed E-state index contributed by atoms with van der Waals surface area (Å²) in [6.07, 6.45) is 0.521. The van der Waals surface area contributed by atoms with Crippen LogP contribution in [0.15, 0.2) is 44.7 Å². The van der Waals surface area contributed by atoms with Crippen molar-refractivity contribution in [3.8, 4) is 0 Å². The van der Waals surface area contributed by atoms with Gasteiger partial charge < -0.3 is 5.11 Å². The Labute approximate surface area is 126 Å². The van der Waals surface area contributed by atoms with E-state index < -0.39 is 11.9 Å². The predicted molar refractivity (Wildman–Crippen MR) is 80.2 cm³/mol. The summed E-state index contributed by atoms with van der Waals surface area (Å²) < 4.78 is 1.96. The Morgan fingerprint density at radius 2 is 1.89 bits per heavy atom. The molecule has 0 amide bonds. The minimum absolute atomic E-state index is 0.497. The van der Waals surface area contributed by atoms with E-state index in [1.54, 1.807) is 11.3 Å². The molecule has 1 unspecified atom stereocenters. The van der Waals surface area contributed by atoms with Crippen LogP contribution in [0.1, 0.15) is 16.4 Å². The van der Waals surface area contributed by atoms with E-state index in [0.29, 0.717) is 6.42 Å². The maximum Gasteiger partial charge on any atom is 0.311 e. The van der Waals surface area contributed by atoms with Crippen LogP contribution in [0.25, 0.3) is 0 Å². The molecule has 0 spiro atoms. The molecule has 1 N–H and O–H groups in total. The minimum Gasteiger partial charge on any atom is -0.481 e. The van der Waals surface area contributed by atoms with Gasteiger partial charge in [-0.2, -0.15) is 0 Å². The SMILES string of the molecule is O=C(O)C(Cc1cc(Br)cs1)c1ccc(Br)cc1.